The lowest BCUT2D eigenvalue weighted by molar-refractivity contribution is 0.483. The topological polar surface area (TPSA) is 27.6 Å². The van der Waals surface area contributed by atoms with Gasteiger partial charge in [-0.15, -0.1) is 11.3 Å². The summed E-state index contributed by atoms with van der Waals surface area (Å²) < 4.78 is 0. The Morgan fingerprint density at radius 2 is 2.37 bits per heavy atom. The Hall–Kier alpha value is -1.03. The van der Waals surface area contributed by atoms with Crippen LogP contribution in [0, 0.1) is 5.92 Å². The molecule has 0 aliphatic heterocycles. The van der Waals surface area contributed by atoms with Gasteiger partial charge in [-0.3, -0.25) is 4.99 Å². The largest absolute Gasteiger partial charge is 0.356 e. The summed E-state index contributed by atoms with van der Waals surface area (Å²) in [5, 5.41) is 5.60. The molecule has 0 atom stereocenters. The van der Waals surface area contributed by atoms with E-state index in [1.807, 2.05) is 18.4 Å². The van der Waals surface area contributed by atoms with Crippen molar-refractivity contribution in [3.8, 4) is 0 Å². The van der Waals surface area contributed by atoms with Crippen molar-refractivity contribution in [3.05, 3.63) is 22.4 Å². The van der Waals surface area contributed by atoms with Gasteiger partial charge in [0.1, 0.15) is 0 Å². The lowest BCUT2D eigenvalue weighted by atomic mass is 10.2. The summed E-state index contributed by atoms with van der Waals surface area (Å²) in [6, 6.07) is 4.31. The molecule has 1 aliphatic rings. The first kappa shape index (κ1) is 14.4. The van der Waals surface area contributed by atoms with Crippen LogP contribution < -0.4 is 5.32 Å². The molecular formula is C15H25N3S. The average molecular weight is 279 g/mol. The molecule has 0 saturated heterocycles. The Bertz CT molecular complexity index is 382. The van der Waals surface area contributed by atoms with E-state index in [1.165, 1.54) is 30.6 Å². The summed E-state index contributed by atoms with van der Waals surface area (Å²) in [4.78, 5) is 8.01. The molecule has 0 amide bonds. The first-order chi connectivity index (χ1) is 9.29. The normalized spacial score (nSPS) is 15.6. The lowest BCUT2D eigenvalue weighted by Gasteiger charge is -2.21. The highest BCUT2D eigenvalue weighted by molar-refractivity contribution is 7.09. The molecule has 0 unspecified atom stereocenters. The Labute approximate surface area is 120 Å². The minimum atomic E-state index is 1.02. The number of hydrogen-bond donors (Lipinski definition) is 1. The van der Waals surface area contributed by atoms with E-state index in [2.05, 4.69) is 39.8 Å². The second-order valence-electron chi connectivity index (χ2n) is 5.31. The molecule has 1 aromatic rings. The zero-order valence-electron chi connectivity index (χ0n) is 12.1. The maximum absolute atomic E-state index is 4.36. The van der Waals surface area contributed by atoms with Crippen LogP contribution in [-0.2, 0) is 6.42 Å². The van der Waals surface area contributed by atoms with Crippen LogP contribution in [0.2, 0.25) is 0 Å². The zero-order chi connectivity index (χ0) is 13.5. The summed E-state index contributed by atoms with van der Waals surface area (Å²) in [5.74, 6) is 2.05. The number of rotatable bonds is 7. The van der Waals surface area contributed by atoms with Crippen LogP contribution in [0.4, 0.5) is 0 Å². The van der Waals surface area contributed by atoms with Gasteiger partial charge in [0.15, 0.2) is 5.96 Å². The molecule has 1 saturated carbocycles. The third-order valence-corrected chi connectivity index (χ3v) is 4.55. The van der Waals surface area contributed by atoms with Crippen LogP contribution >= 0.6 is 11.3 Å². The van der Waals surface area contributed by atoms with Crippen molar-refractivity contribution in [3.63, 3.8) is 0 Å². The zero-order valence-corrected chi connectivity index (χ0v) is 12.9. The maximum Gasteiger partial charge on any atom is 0.193 e. The molecule has 0 bridgehead atoms. The summed E-state index contributed by atoms with van der Waals surface area (Å²) >= 11 is 1.83. The predicted octanol–water partition coefficient (Wildman–Crippen LogP) is 2.99. The first-order valence-electron chi connectivity index (χ1n) is 7.23. The quantitative estimate of drug-likeness (QED) is 0.472. The van der Waals surface area contributed by atoms with E-state index in [4.69, 9.17) is 0 Å². The molecule has 1 aliphatic carbocycles. The standard InChI is InChI=1S/C15H25N3S/c1-16-15(17-10-3-5-13-7-8-13)18(2)11-9-14-6-4-12-19-14/h4,6,12-13H,3,5,7-11H2,1-2H3,(H,16,17). The number of nitrogens with zero attached hydrogens (tertiary/aromatic N) is 2. The Kier molecular flexibility index (Phi) is 5.70. The minimum Gasteiger partial charge on any atom is -0.356 e. The van der Waals surface area contributed by atoms with Gasteiger partial charge in [-0.1, -0.05) is 18.9 Å². The average Bonchev–Trinajstić information content (AvgIpc) is 3.10. The summed E-state index contributed by atoms with van der Waals surface area (Å²) in [7, 11) is 3.98. The van der Waals surface area contributed by atoms with Crippen molar-refractivity contribution in [2.24, 2.45) is 10.9 Å². The molecule has 1 aromatic heterocycles. The van der Waals surface area contributed by atoms with Crippen molar-refractivity contribution in [2.75, 3.05) is 27.2 Å². The van der Waals surface area contributed by atoms with E-state index in [0.717, 1.165) is 31.4 Å². The molecule has 3 nitrogen and oxygen atoms in total. The molecule has 1 heterocycles. The van der Waals surface area contributed by atoms with Crippen molar-refractivity contribution >= 4 is 17.3 Å². The fourth-order valence-corrected chi connectivity index (χ4v) is 2.92. The van der Waals surface area contributed by atoms with Crippen molar-refractivity contribution in [1.82, 2.24) is 10.2 Å². The first-order valence-corrected chi connectivity index (χ1v) is 8.11. The monoisotopic (exact) mass is 279 g/mol. The summed E-state index contributed by atoms with van der Waals surface area (Å²) in [5.41, 5.74) is 0. The molecule has 2 rings (SSSR count). The third-order valence-electron chi connectivity index (χ3n) is 3.62. The van der Waals surface area contributed by atoms with Gasteiger partial charge in [-0.25, -0.2) is 0 Å². The van der Waals surface area contributed by atoms with Gasteiger partial charge in [0, 0.05) is 32.1 Å². The highest BCUT2D eigenvalue weighted by Crippen LogP contribution is 2.33. The lowest BCUT2D eigenvalue weighted by Crippen LogP contribution is -2.40. The van der Waals surface area contributed by atoms with E-state index in [1.54, 1.807) is 0 Å². The van der Waals surface area contributed by atoms with Crippen LogP contribution in [0.1, 0.15) is 30.6 Å². The molecule has 0 aromatic carbocycles. The van der Waals surface area contributed by atoms with Crippen LogP contribution in [-0.4, -0.2) is 38.0 Å². The number of guanidine groups is 1. The Morgan fingerprint density at radius 3 is 3.00 bits per heavy atom. The van der Waals surface area contributed by atoms with E-state index in [0.29, 0.717) is 0 Å². The maximum atomic E-state index is 4.36. The Balaban J connectivity index is 1.64. The van der Waals surface area contributed by atoms with Crippen molar-refractivity contribution < 1.29 is 0 Å². The number of aliphatic imine (C=N–C) groups is 1. The fraction of sp³-hybridized carbons (Fsp3) is 0.667. The van der Waals surface area contributed by atoms with Crippen LogP contribution in [0.3, 0.4) is 0 Å². The molecule has 0 spiro atoms. The smallest absolute Gasteiger partial charge is 0.193 e. The van der Waals surface area contributed by atoms with Gasteiger partial charge in [0.25, 0.3) is 0 Å². The Morgan fingerprint density at radius 1 is 1.53 bits per heavy atom. The summed E-state index contributed by atoms with van der Waals surface area (Å²) in [6.07, 6.45) is 6.65. The van der Waals surface area contributed by atoms with Crippen LogP contribution in [0.25, 0.3) is 0 Å². The van der Waals surface area contributed by atoms with Gasteiger partial charge in [-0.2, -0.15) is 0 Å². The molecule has 0 radical (unpaired) electrons. The van der Waals surface area contributed by atoms with Gasteiger partial charge < -0.3 is 10.2 Å². The van der Waals surface area contributed by atoms with Crippen LogP contribution in [0.15, 0.2) is 22.5 Å². The molecule has 1 N–H and O–H groups in total. The number of hydrogen-bond acceptors (Lipinski definition) is 2. The van der Waals surface area contributed by atoms with Crippen molar-refractivity contribution in [2.45, 2.75) is 32.1 Å². The number of nitrogens with one attached hydrogen (secondary N) is 1. The van der Waals surface area contributed by atoms with Crippen LogP contribution in [0.5, 0.6) is 0 Å². The molecule has 106 valence electrons. The highest BCUT2D eigenvalue weighted by atomic mass is 32.1. The second kappa shape index (κ2) is 7.53. The highest BCUT2D eigenvalue weighted by Gasteiger charge is 2.20. The molecule has 19 heavy (non-hydrogen) atoms. The molecule has 1 fully saturated rings. The summed E-state index contributed by atoms with van der Waals surface area (Å²) in [6.45, 7) is 2.06. The third kappa shape index (κ3) is 5.23. The number of thiophene rings is 1. The number of likely N-dealkylation sites (N-methyl/N-ethyl adjacent to an activating group) is 1. The fourth-order valence-electron chi connectivity index (χ4n) is 2.22. The van der Waals surface area contributed by atoms with Gasteiger partial charge in [0.2, 0.25) is 0 Å². The van der Waals surface area contributed by atoms with Gasteiger partial charge >= 0.3 is 0 Å². The predicted molar refractivity (Wildman–Crippen MR) is 84.0 cm³/mol. The van der Waals surface area contributed by atoms with E-state index in [9.17, 15) is 0 Å². The van der Waals surface area contributed by atoms with Gasteiger partial charge in [0.05, 0.1) is 0 Å². The second-order valence-corrected chi connectivity index (χ2v) is 6.34. The minimum absolute atomic E-state index is 1.02. The van der Waals surface area contributed by atoms with Gasteiger partial charge in [-0.05, 0) is 36.6 Å². The van der Waals surface area contributed by atoms with E-state index >= 15 is 0 Å². The SMILES string of the molecule is CN=C(NCCCC1CC1)N(C)CCc1cccs1. The van der Waals surface area contributed by atoms with E-state index < -0.39 is 0 Å². The molecular weight excluding hydrogens is 254 g/mol. The van der Waals surface area contributed by atoms with E-state index in [-0.39, 0.29) is 0 Å². The molecule has 4 heteroatoms. The van der Waals surface area contributed by atoms with Crippen molar-refractivity contribution in [1.29, 1.82) is 0 Å².